The average molecular weight is 361 g/mol. The first-order valence-electron chi connectivity index (χ1n) is 7.87. The summed E-state index contributed by atoms with van der Waals surface area (Å²) in [6.07, 6.45) is 1.65. The van der Waals surface area contributed by atoms with Crippen LogP contribution in [0.3, 0.4) is 0 Å². The first-order chi connectivity index (χ1) is 12.1. The third kappa shape index (κ3) is 3.91. The molecule has 2 aromatic rings. The zero-order chi connectivity index (χ0) is 17.8. The molecule has 1 saturated heterocycles. The maximum absolute atomic E-state index is 12.3. The van der Waals surface area contributed by atoms with Gasteiger partial charge < -0.3 is 10.6 Å². The summed E-state index contributed by atoms with van der Waals surface area (Å²) in [6, 6.07) is 3.08. The van der Waals surface area contributed by atoms with Gasteiger partial charge in [0.1, 0.15) is 11.3 Å². The van der Waals surface area contributed by atoms with Crippen LogP contribution in [0.5, 0.6) is 0 Å². The van der Waals surface area contributed by atoms with Crippen LogP contribution >= 0.6 is 11.3 Å². The summed E-state index contributed by atoms with van der Waals surface area (Å²) in [6.45, 7) is 4.54. The molecule has 132 valence electrons. The number of primary amides is 1. The van der Waals surface area contributed by atoms with Gasteiger partial charge in [-0.25, -0.2) is 4.98 Å². The molecule has 1 unspecified atom stereocenters. The minimum Gasteiger partial charge on any atom is -0.365 e. The Morgan fingerprint density at radius 3 is 2.72 bits per heavy atom. The lowest BCUT2D eigenvalue weighted by atomic mass is 10.2. The molecule has 3 rings (SSSR count). The van der Waals surface area contributed by atoms with E-state index in [1.54, 1.807) is 23.8 Å². The summed E-state index contributed by atoms with van der Waals surface area (Å²) < 4.78 is 0. The number of pyridine rings is 1. The van der Waals surface area contributed by atoms with E-state index in [9.17, 15) is 9.59 Å². The Morgan fingerprint density at radius 2 is 2.08 bits per heavy atom. The first kappa shape index (κ1) is 17.2. The molecule has 0 aromatic carbocycles. The molecule has 2 aromatic heterocycles. The molecule has 3 heterocycles. The quantitative estimate of drug-likeness (QED) is 0.780. The third-order valence-corrected chi connectivity index (χ3v) is 4.79. The van der Waals surface area contributed by atoms with E-state index in [1.165, 1.54) is 11.3 Å². The van der Waals surface area contributed by atoms with E-state index in [-0.39, 0.29) is 11.9 Å². The number of carbonyl (C=O) groups excluding carboxylic acids is 2. The summed E-state index contributed by atoms with van der Waals surface area (Å²) in [5, 5.41) is 10.8. The van der Waals surface area contributed by atoms with Crippen LogP contribution in [-0.4, -0.2) is 64.1 Å². The molecule has 1 aliphatic rings. The summed E-state index contributed by atoms with van der Waals surface area (Å²) in [5.41, 5.74) is 7.41. The second-order valence-electron chi connectivity index (χ2n) is 5.67. The van der Waals surface area contributed by atoms with Gasteiger partial charge in [0, 0.05) is 32.4 Å². The van der Waals surface area contributed by atoms with E-state index in [4.69, 9.17) is 5.73 Å². The topological polar surface area (TPSA) is 117 Å². The number of hydrogen-bond acceptors (Lipinski definition) is 8. The fourth-order valence-corrected chi connectivity index (χ4v) is 3.21. The van der Waals surface area contributed by atoms with Gasteiger partial charge in [-0.15, -0.1) is 10.2 Å². The molecule has 0 bridgehead atoms. The Kier molecular flexibility index (Phi) is 5.19. The fraction of sp³-hybridized carbons (Fsp3) is 0.400. The van der Waals surface area contributed by atoms with E-state index in [1.807, 2.05) is 11.8 Å². The Hall–Kier alpha value is -2.59. The molecule has 0 spiro atoms. The Morgan fingerprint density at radius 1 is 1.32 bits per heavy atom. The number of amides is 2. The molecule has 0 aliphatic carbocycles. The van der Waals surface area contributed by atoms with Crippen molar-refractivity contribution in [2.24, 2.45) is 5.73 Å². The summed E-state index contributed by atoms with van der Waals surface area (Å²) in [7, 11) is 0. The van der Waals surface area contributed by atoms with Crippen molar-refractivity contribution in [1.29, 1.82) is 0 Å². The van der Waals surface area contributed by atoms with Gasteiger partial charge >= 0.3 is 0 Å². The monoisotopic (exact) mass is 361 g/mol. The minimum atomic E-state index is -0.490. The van der Waals surface area contributed by atoms with E-state index < -0.39 is 5.91 Å². The van der Waals surface area contributed by atoms with Crippen molar-refractivity contribution in [3.8, 4) is 0 Å². The van der Waals surface area contributed by atoms with Crippen LogP contribution in [0, 0.1) is 0 Å². The fourth-order valence-electron chi connectivity index (χ4n) is 2.77. The molecule has 1 atom stereocenters. The standard InChI is InChI=1S/C15H19N7O2S/c1-10(14(24)19-15-20-18-9-25-15)21-5-7-22(8-6-21)13-11(12(16)23)3-2-4-17-13/h2-4,9-10H,5-8H2,1H3,(H2,16,23)(H,19,20,24). The highest BCUT2D eigenvalue weighted by Crippen LogP contribution is 2.19. The van der Waals surface area contributed by atoms with Crippen molar-refractivity contribution in [2.75, 3.05) is 36.4 Å². The lowest BCUT2D eigenvalue weighted by Gasteiger charge is -2.38. The summed E-state index contributed by atoms with van der Waals surface area (Å²) in [5.74, 6) is -0.00296. The second kappa shape index (κ2) is 7.53. The van der Waals surface area contributed by atoms with Gasteiger partial charge in [0.2, 0.25) is 11.0 Å². The molecule has 1 fully saturated rings. The molecule has 9 nitrogen and oxygen atoms in total. The van der Waals surface area contributed by atoms with Gasteiger partial charge in [-0.3, -0.25) is 19.8 Å². The predicted octanol–water partition coefficient (Wildman–Crippen LogP) is 0.181. The smallest absolute Gasteiger partial charge is 0.252 e. The second-order valence-corrected chi connectivity index (χ2v) is 6.50. The van der Waals surface area contributed by atoms with Gasteiger partial charge in [0.25, 0.3) is 5.91 Å². The van der Waals surface area contributed by atoms with Crippen molar-refractivity contribution in [3.05, 3.63) is 29.4 Å². The Bertz CT molecular complexity index is 744. The molecular formula is C15H19N7O2S. The largest absolute Gasteiger partial charge is 0.365 e. The van der Waals surface area contributed by atoms with Crippen molar-refractivity contribution >= 4 is 34.1 Å². The highest BCUT2D eigenvalue weighted by atomic mass is 32.1. The number of nitrogens with zero attached hydrogens (tertiary/aromatic N) is 5. The number of anilines is 2. The number of aromatic nitrogens is 3. The summed E-state index contributed by atoms with van der Waals surface area (Å²) >= 11 is 1.28. The van der Waals surface area contributed by atoms with E-state index in [0.717, 1.165) is 0 Å². The predicted molar refractivity (Wildman–Crippen MR) is 94.5 cm³/mol. The zero-order valence-electron chi connectivity index (χ0n) is 13.8. The van der Waals surface area contributed by atoms with Gasteiger partial charge in [-0.2, -0.15) is 0 Å². The maximum Gasteiger partial charge on any atom is 0.252 e. The van der Waals surface area contributed by atoms with Gasteiger partial charge in [0.05, 0.1) is 11.6 Å². The highest BCUT2D eigenvalue weighted by Gasteiger charge is 2.27. The van der Waals surface area contributed by atoms with E-state index >= 15 is 0 Å². The van der Waals surface area contributed by atoms with Crippen LogP contribution in [0.15, 0.2) is 23.8 Å². The molecule has 10 heteroatoms. The molecule has 25 heavy (non-hydrogen) atoms. The van der Waals surface area contributed by atoms with Crippen LogP contribution in [0.25, 0.3) is 0 Å². The number of carbonyl (C=O) groups is 2. The van der Waals surface area contributed by atoms with Crippen molar-refractivity contribution in [2.45, 2.75) is 13.0 Å². The maximum atomic E-state index is 12.3. The Balaban J connectivity index is 1.60. The molecule has 2 amide bonds. The number of nitrogens with one attached hydrogen (secondary N) is 1. The molecule has 1 aliphatic heterocycles. The third-order valence-electron chi connectivity index (χ3n) is 4.18. The first-order valence-corrected chi connectivity index (χ1v) is 8.75. The normalized spacial score (nSPS) is 16.4. The van der Waals surface area contributed by atoms with Gasteiger partial charge in [-0.05, 0) is 19.1 Å². The number of nitrogens with two attached hydrogens (primary N) is 1. The average Bonchev–Trinajstić information content (AvgIpc) is 3.14. The van der Waals surface area contributed by atoms with E-state index in [2.05, 4.69) is 25.4 Å². The van der Waals surface area contributed by atoms with Gasteiger partial charge in [0.15, 0.2) is 0 Å². The lowest BCUT2D eigenvalue weighted by molar-refractivity contribution is -0.120. The lowest BCUT2D eigenvalue weighted by Crippen LogP contribution is -2.53. The molecule has 0 saturated carbocycles. The Labute approximate surface area is 148 Å². The van der Waals surface area contributed by atoms with Crippen LogP contribution < -0.4 is 16.0 Å². The minimum absolute atomic E-state index is 0.110. The van der Waals surface area contributed by atoms with Gasteiger partial charge in [-0.1, -0.05) is 11.3 Å². The van der Waals surface area contributed by atoms with Crippen molar-refractivity contribution in [1.82, 2.24) is 20.1 Å². The van der Waals surface area contributed by atoms with Crippen LogP contribution in [-0.2, 0) is 4.79 Å². The summed E-state index contributed by atoms with van der Waals surface area (Å²) in [4.78, 5) is 32.3. The SMILES string of the molecule is CC(C(=O)Nc1nncs1)N1CCN(c2ncccc2C(N)=O)CC1. The van der Waals surface area contributed by atoms with E-state index in [0.29, 0.717) is 42.7 Å². The molecule has 0 radical (unpaired) electrons. The van der Waals surface area contributed by atoms with Crippen LogP contribution in [0.1, 0.15) is 17.3 Å². The molecule has 3 N–H and O–H groups in total. The zero-order valence-corrected chi connectivity index (χ0v) is 14.6. The van der Waals surface area contributed by atoms with Crippen molar-refractivity contribution < 1.29 is 9.59 Å². The highest BCUT2D eigenvalue weighted by molar-refractivity contribution is 7.13. The van der Waals surface area contributed by atoms with Crippen LogP contribution in [0.2, 0.25) is 0 Å². The molecular weight excluding hydrogens is 342 g/mol. The van der Waals surface area contributed by atoms with Crippen molar-refractivity contribution in [3.63, 3.8) is 0 Å². The number of piperazine rings is 1. The van der Waals surface area contributed by atoms with Crippen LogP contribution in [0.4, 0.5) is 10.9 Å². The number of rotatable bonds is 5. The number of hydrogen-bond donors (Lipinski definition) is 2.